The van der Waals surface area contributed by atoms with Crippen LogP contribution >= 0.6 is 11.6 Å². The fourth-order valence-corrected chi connectivity index (χ4v) is 2.74. The normalized spacial score (nSPS) is 14.3. The number of allylic oxidation sites excluding steroid dienone is 4. The molecule has 9 heteroatoms. The molecule has 1 aliphatic carbocycles. The van der Waals surface area contributed by atoms with Gasteiger partial charge in [0, 0.05) is 6.42 Å². The lowest BCUT2D eigenvalue weighted by atomic mass is 9.92. The Labute approximate surface area is 152 Å². The molecular formula is C17H16ClF3N4O. The van der Waals surface area contributed by atoms with E-state index in [1.165, 1.54) is 4.57 Å². The lowest BCUT2D eigenvalue weighted by Crippen LogP contribution is -2.21. The number of halogens is 4. The number of imidazole rings is 1. The highest BCUT2D eigenvalue weighted by atomic mass is 35.5. The van der Waals surface area contributed by atoms with E-state index in [4.69, 9.17) is 11.6 Å². The van der Waals surface area contributed by atoms with Gasteiger partial charge < -0.3 is 0 Å². The van der Waals surface area contributed by atoms with Gasteiger partial charge in [-0.1, -0.05) is 38.4 Å². The van der Waals surface area contributed by atoms with E-state index in [2.05, 4.69) is 15.3 Å². The van der Waals surface area contributed by atoms with Crippen molar-refractivity contribution in [3.8, 4) is 0 Å². The highest BCUT2D eigenvalue weighted by Crippen LogP contribution is 2.36. The fraction of sp³-hybridized carbons (Fsp3) is 0.353. The SMILES string of the molecule is CC(C)(C)CC(=O)Nc1nc2cc(Cl)c(C(F)(F)F)nc2n1C1=CC=C1. The highest BCUT2D eigenvalue weighted by molar-refractivity contribution is 6.31. The molecule has 0 saturated carbocycles. The van der Waals surface area contributed by atoms with Gasteiger partial charge in [0.1, 0.15) is 5.52 Å². The number of nitrogens with one attached hydrogen (secondary N) is 1. The second-order valence-corrected chi connectivity index (χ2v) is 7.57. The van der Waals surface area contributed by atoms with E-state index >= 15 is 0 Å². The van der Waals surface area contributed by atoms with Gasteiger partial charge in [0.15, 0.2) is 11.3 Å². The second kappa shape index (κ2) is 6.12. The number of aromatic nitrogens is 3. The Morgan fingerprint density at radius 3 is 2.42 bits per heavy atom. The summed E-state index contributed by atoms with van der Waals surface area (Å²) in [4.78, 5) is 20.1. The maximum Gasteiger partial charge on any atom is 0.434 e. The van der Waals surface area contributed by atoms with Crippen LogP contribution in [0.25, 0.3) is 16.9 Å². The molecule has 0 aromatic carbocycles. The Morgan fingerprint density at radius 2 is 1.92 bits per heavy atom. The molecule has 0 atom stereocenters. The van der Waals surface area contributed by atoms with Crippen molar-refractivity contribution >= 4 is 40.3 Å². The second-order valence-electron chi connectivity index (χ2n) is 7.17. The average Bonchev–Trinajstić information content (AvgIpc) is 2.70. The summed E-state index contributed by atoms with van der Waals surface area (Å²) in [6.07, 6.45) is 0.629. The Kier molecular flexibility index (Phi) is 4.34. The first-order chi connectivity index (χ1) is 12.0. The molecule has 0 bridgehead atoms. The molecule has 1 amide bonds. The first kappa shape index (κ1) is 18.4. The summed E-state index contributed by atoms with van der Waals surface area (Å²) in [5.74, 6) is -0.187. The van der Waals surface area contributed by atoms with Gasteiger partial charge in [-0.2, -0.15) is 13.2 Å². The van der Waals surface area contributed by atoms with Crippen LogP contribution in [0.15, 0.2) is 24.3 Å². The van der Waals surface area contributed by atoms with Crippen molar-refractivity contribution in [1.82, 2.24) is 14.5 Å². The molecule has 1 N–H and O–H groups in total. The van der Waals surface area contributed by atoms with Crippen LogP contribution in [0.2, 0.25) is 5.02 Å². The van der Waals surface area contributed by atoms with E-state index in [0.29, 0.717) is 5.70 Å². The van der Waals surface area contributed by atoms with E-state index in [-0.39, 0.29) is 34.9 Å². The van der Waals surface area contributed by atoms with Gasteiger partial charge in [0.2, 0.25) is 11.9 Å². The van der Waals surface area contributed by atoms with E-state index < -0.39 is 16.9 Å². The van der Waals surface area contributed by atoms with Crippen molar-refractivity contribution in [1.29, 1.82) is 0 Å². The van der Waals surface area contributed by atoms with Crippen LogP contribution in [0.4, 0.5) is 19.1 Å². The van der Waals surface area contributed by atoms with E-state index in [0.717, 1.165) is 6.07 Å². The summed E-state index contributed by atoms with van der Waals surface area (Å²) in [6.45, 7) is 5.72. The molecule has 2 heterocycles. The zero-order chi connectivity index (χ0) is 19.3. The molecule has 5 nitrogen and oxygen atoms in total. The monoisotopic (exact) mass is 384 g/mol. The summed E-state index contributed by atoms with van der Waals surface area (Å²) in [5.41, 5.74) is -0.730. The first-order valence-electron chi connectivity index (χ1n) is 7.80. The van der Waals surface area contributed by atoms with Crippen molar-refractivity contribution in [2.45, 2.75) is 33.4 Å². The molecule has 1 aliphatic rings. The van der Waals surface area contributed by atoms with Crippen molar-refractivity contribution in [2.75, 3.05) is 5.32 Å². The largest absolute Gasteiger partial charge is 0.434 e. The van der Waals surface area contributed by atoms with Crippen LogP contribution in [-0.4, -0.2) is 20.4 Å². The number of hydrogen-bond acceptors (Lipinski definition) is 3. The summed E-state index contributed by atoms with van der Waals surface area (Å²) in [5, 5.41) is 2.12. The lowest BCUT2D eigenvalue weighted by molar-refractivity contribution is -0.140. The number of carbonyl (C=O) groups excluding carboxylic acids is 1. The first-order valence-corrected chi connectivity index (χ1v) is 8.18. The molecule has 138 valence electrons. The molecule has 2 aromatic heterocycles. The molecule has 0 unspecified atom stereocenters. The molecule has 0 saturated heterocycles. The predicted molar refractivity (Wildman–Crippen MR) is 93.7 cm³/mol. The van der Waals surface area contributed by atoms with Gasteiger partial charge in [-0.15, -0.1) is 0 Å². The minimum absolute atomic E-state index is 0.0246. The van der Waals surface area contributed by atoms with Crippen molar-refractivity contribution in [3.05, 3.63) is 35.0 Å². The molecule has 0 radical (unpaired) electrons. The van der Waals surface area contributed by atoms with Crippen LogP contribution in [-0.2, 0) is 11.0 Å². The number of rotatable bonds is 3. The third-order valence-electron chi connectivity index (χ3n) is 3.59. The third kappa shape index (κ3) is 3.60. The summed E-state index contributed by atoms with van der Waals surface area (Å²) >= 11 is 5.72. The minimum Gasteiger partial charge on any atom is -0.296 e. The average molecular weight is 385 g/mol. The van der Waals surface area contributed by atoms with Crippen LogP contribution in [0.1, 0.15) is 32.9 Å². The molecule has 0 aliphatic heterocycles. The number of amides is 1. The Bertz CT molecular complexity index is 952. The van der Waals surface area contributed by atoms with Gasteiger partial charge in [0.25, 0.3) is 0 Å². The van der Waals surface area contributed by atoms with E-state index in [1.807, 2.05) is 20.8 Å². The van der Waals surface area contributed by atoms with Crippen LogP contribution in [0, 0.1) is 5.41 Å². The van der Waals surface area contributed by atoms with Crippen molar-refractivity contribution in [3.63, 3.8) is 0 Å². The van der Waals surface area contributed by atoms with Gasteiger partial charge in [-0.25, -0.2) is 9.97 Å². The van der Waals surface area contributed by atoms with E-state index in [9.17, 15) is 18.0 Å². The standard InChI is InChI=1S/C17H16ClF3N4O/c1-16(2,3)8-12(26)23-15-22-11-7-10(18)13(17(19,20)21)24-14(11)25(15)9-5-4-6-9/h4-7H,8H2,1-3H3,(H,22,23,26). The Balaban J connectivity index is 2.10. The smallest absolute Gasteiger partial charge is 0.296 e. The van der Waals surface area contributed by atoms with Crippen LogP contribution < -0.4 is 5.32 Å². The minimum atomic E-state index is -4.69. The number of carbonyl (C=O) groups is 1. The lowest BCUT2D eigenvalue weighted by Gasteiger charge is -2.18. The summed E-state index contributed by atoms with van der Waals surface area (Å²) in [7, 11) is 0. The summed E-state index contributed by atoms with van der Waals surface area (Å²) in [6, 6.07) is 1.10. The van der Waals surface area contributed by atoms with Crippen molar-refractivity contribution in [2.24, 2.45) is 5.41 Å². The number of pyridine rings is 1. The van der Waals surface area contributed by atoms with Gasteiger partial charge in [0.05, 0.1) is 10.7 Å². The molecule has 0 fully saturated rings. The third-order valence-corrected chi connectivity index (χ3v) is 3.88. The maximum atomic E-state index is 13.1. The zero-order valence-corrected chi connectivity index (χ0v) is 15.0. The fourth-order valence-electron chi connectivity index (χ4n) is 2.49. The number of anilines is 1. The van der Waals surface area contributed by atoms with Gasteiger partial charge in [-0.3, -0.25) is 14.7 Å². The Hall–Kier alpha value is -2.35. The number of alkyl halides is 3. The maximum absolute atomic E-state index is 13.1. The predicted octanol–water partition coefficient (Wildman–Crippen LogP) is 4.89. The van der Waals surface area contributed by atoms with Crippen LogP contribution in [0.3, 0.4) is 0 Å². The zero-order valence-electron chi connectivity index (χ0n) is 14.3. The topological polar surface area (TPSA) is 59.8 Å². The highest BCUT2D eigenvalue weighted by Gasteiger charge is 2.36. The molecular weight excluding hydrogens is 369 g/mol. The van der Waals surface area contributed by atoms with Crippen molar-refractivity contribution < 1.29 is 18.0 Å². The summed E-state index contributed by atoms with van der Waals surface area (Å²) < 4.78 is 40.8. The molecule has 2 aromatic rings. The van der Waals surface area contributed by atoms with Gasteiger partial charge in [-0.05, 0) is 23.6 Å². The van der Waals surface area contributed by atoms with E-state index in [1.54, 1.807) is 18.2 Å². The van der Waals surface area contributed by atoms with Crippen LogP contribution in [0.5, 0.6) is 0 Å². The molecule has 26 heavy (non-hydrogen) atoms. The molecule has 0 spiro atoms. The number of nitrogens with zero attached hydrogens (tertiary/aromatic N) is 3. The Morgan fingerprint density at radius 1 is 1.27 bits per heavy atom. The number of fused-ring (bicyclic) bond motifs is 1. The quantitative estimate of drug-likeness (QED) is 0.819. The molecule has 3 rings (SSSR count). The van der Waals surface area contributed by atoms with Gasteiger partial charge >= 0.3 is 6.18 Å². The number of hydrogen-bond donors (Lipinski definition) is 1.